The van der Waals surface area contributed by atoms with Crippen LogP contribution in [0.25, 0.3) is 10.2 Å². The van der Waals surface area contributed by atoms with Crippen LogP contribution >= 0.6 is 11.3 Å². The molecule has 0 aliphatic carbocycles. The molecule has 0 bridgehead atoms. The normalized spacial score (nSPS) is 25.1. The molecule has 3 amide bonds. The molecule has 3 aliphatic heterocycles. The number of nitrogens with zero attached hydrogens (tertiary/aromatic N) is 3. The van der Waals surface area contributed by atoms with E-state index in [-0.39, 0.29) is 25.4 Å². The highest BCUT2D eigenvalue weighted by Crippen LogP contribution is 2.38. The number of piperidine rings is 1. The van der Waals surface area contributed by atoms with E-state index in [1.54, 1.807) is 36.5 Å². The van der Waals surface area contributed by atoms with Crippen LogP contribution < -0.4 is 14.8 Å². The molecule has 0 unspecified atom stereocenters. The summed E-state index contributed by atoms with van der Waals surface area (Å²) in [6, 6.07) is 13.2. The summed E-state index contributed by atoms with van der Waals surface area (Å²) in [4.78, 5) is 34.6. The van der Waals surface area contributed by atoms with Crippen molar-refractivity contribution < 1.29 is 19.1 Å². The van der Waals surface area contributed by atoms with E-state index < -0.39 is 5.54 Å². The zero-order valence-electron chi connectivity index (χ0n) is 18.2. The number of thiazole rings is 1. The van der Waals surface area contributed by atoms with E-state index in [2.05, 4.69) is 16.3 Å². The van der Waals surface area contributed by atoms with Gasteiger partial charge in [-0.2, -0.15) is 0 Å². The first-order chi connectivity index (χ1) is 16.0. The first kappa shape index (κ1) is 20.4. The van der Waals surface area contributed by atoms with Crippen LogP contribution in [0.2, 0.25) is 0 Å². The average Bonchev–Trinajstić information content (AvgIpc) is 3.52. The average molecular weight is 465 g/mol. The van der Waals surface area contributed by atoms with Gasteiger partial charge < -0.3 is 14.8 Å². The number of carbonyl (C=O) groups excluding carboxylic acids is 2. The second-order valence-electron chi connectivity index (χ2n) is 8.93. The zero-order chi connectivity index (χ0) is 22.6. The van der Waals surface area contributed by atoms with Crippen molar-refractivity contribution in [1.82, 2.24) is 20.1 Å². The Bertz CT molecular complexity index is 1230. The van der Waals surface area contributed by atoms with Gasteiger partial charge in [0.05, 0.1) is 21.9 Å². The summed E-state index contributed by atoms with van der Waals surface area (Å²) in [6.07, 6.45) is 2.06. The van der Waals surface area contributed by atoms with Crippen LogP contribution in [0.5, 0.6) is 11.5 Å². The number of para-hydroxylation sites is 1. The Morgan fingerprint density at radius 3 is 2.91 bits per heavy atom. The van der Waals surface area contributed by atoms with Crippen molar-refractivity contribution in [1.29, 1.82) is 0 Å². The van der Waals surface area contributed by atoms with Gasteiger partial charge in [-0.15, -0.1) is 11.3 Å². The van der Waals surface area contributed by atoms with Gasteiger partial charge in [0.15, 0.2) is 11.5 Å². The highest BCUT2D eigenvalue weighted by molar-refractivity contribution is 7.18. The molecule has 2 atom stereocenters. The number of hydrogen-bond acceptors (Lipinski definition) is 7. The van der Waals surface area contributed by atoms with Gasteiger partial charge in [0.2, 0.25) is 6.79 Å². The number of aromatic nitrogens is 1. The standard InChI is InChI=1S/C24H24N4O4S/c1-24(16-8-9-18-19(11-16)32-14-31-18)22(29)28(23(30)26-24)13-27-10-4-5-15(12-27)21-25-17-6-2-3-7-20(17)33-21/h2-3,6-9,11,15H,4-5,10,12-14H2,1H3,(H,26,30)/t15-,24-/m1/s1. The number of likely N-dealkylation sites (tertiary alicyclic amines) is 1. The maximum absolute atomic E-state index is 13.4. The van der Waals surface area contributed by atoms with E-state index in [4.69, 9.17) is 14.5 Å². The summed E-state index contributed by atoms with van der Waals surface area (Å²) in [5.41, 5.74) is 0.571. The maximum atomic E-state index is 13.4. The number of hydrogen-bond donors (Lipinski definition) is 1. The Kier molecular flexibility index (Phi) is 4.77. The number of nitrogens with one attached hydrogen (secondary N) is 1. The van der Waals surface area contributed by atoms with Gasteiger partial charge in [0.25, 0.3) is 5.91 Å². The molecule has 1 N–H and O–H groups in total. The molecule has 9 heteroatoms. The molecule has 4 heterocycles. The largest absolute Gasteiger partial charge is 0.454 e. The third-order valence-electron chi connectivity index (χ3n) is 6.73. The number of urea groups is 1. The van der Waals surface area contributed by atoms with Crippen molar-refractivity contribution in [3.05, 3.63) is 53.0 Å². The van der Waals surface area contributed by atoms with Crippen molar-refractivity contribution in [2.75, 3.05) is 26.6 Å². The van der Waals surface area contributed by atoms with E-state index in [0.717, 1.165) is 36.5 Å². The molecule has 3 aliphatic rings. The van der Waals surface area contributed by atoms with E-state index in [1.165, 1.54) is 9.60 Å². The molecule has 3 aromatic rings. The van der Waals surface area contributed by atoms with E-state index in [1.807, 2.05) is 18.2 Å². The predicted octanol–water partition coefficient (Wildman–Crippen LogP) is 3.63. The van der Waals surface area contributed by atoms with Crippen molar-refractivity contribution in [2.45, 2.75) is 31.2 Å². The molecule has 1 aromatic heterocycles. The first-order valence-electron chi connectivity index (χ1n) is 11.1. The quantitative estimate of drug-likeness (QED) is 0.594. The van der Waals surface area contributed by atoms with Crippen LogP contribution in [0.15, 0.2) is 42.5 Å². The third kappa shape index (κ3) is 3.43. The zero-order valence-corrected chi connectivity index (χ0v) is 19.1. The number of carbonyl (C=O) groups is 2. The predicted molar refractivity (Wildman–Crippen MR) is 123 cm³/mol. The van der Waals surface area contributed by atoms with Gasteiger partial charge in [-0.05, 0) is 56.1 Å². The van der Waals surface area contributed by atoms with E-state index >= 15 is 0 Å². The second kappa shape index (κ2) is 7.71. The Morgan fingerprint density at radius 1 is 1.18 bits per heavy atom. The lowest BCUT2D eigenvalue weighted by atomic mass is 9.91. The number of amides is 3. The van der Waals surface area contributed by atoms with Crippen LogP contribution in [0, 0.1) is 0 Å². The monoisotopic (exact) mass is 464 g/mol. The van der Waals surface area contributed by atoms with Crippen molar-refractivity contribution in [3.8, 4) is 11.5 Å². The SMILES string of the molecule is C[C@]1(c2ccc3c(c2)OCO3)NC(=O)N(CN2CCC[C@@H](c3nc4ccccc4s3)C2)C1=O. The Balaban J connectivity index is 1.19. The molecule has 2 fully saturated rings. The fourth-order valence-corrected chi connectivity index (χ4v) is 5.97. The maximum Gasteiger partial charge on any atom is 0.326 e. The number of imide groups is 1. The summed E-state index contributed by atoms with van der Waals surface area (Å²) >= 11 is 1.74. The summed E-state index contributed by atoms with van der Waals surface area (Å²) in [5, 5.41) is 4.02. The molecule has 2 aromatic carbocycles. The van der Waals surface area contributed by atoms with Gasteiger partial charge in [0.1, 0.15) is 5.54 Å². The molecule has 2 saturated heterocycles. The fraction of sp³-hybridized carbons (Fsp3) is 0.375. The minimum atomic E-state index is -1.14. The van der Waals surface area contributed by atoms with Gasteiger partial charge in [-0.1, -0.05) is 18.2 Å². The molecule has 6 rings (SSSR count). The number of rotatable bonds is 4. The van der Waals surface area contributed by atoms with Crippen LogP contribution in [0.3, 0.4) is 0 Å². The van der Waals surface area contributed by atoms with Crippen LogP contribution in [0.4, 0.5) is 4.79 Å². The Morgan fingerprint density at radius 2 is 2.03 bits per heavy atom. The van der Waals surface area contributed by atoms with Gasteiger partial charge in [0, 0.05) is 12.5 Å². The van der Waals surface area contributed by atoms with Crippen LogP contribution in [-0.2, 0) is 10.3 Å². The van der Waals surface area contributed by atoms with Gasteiger partial charge in [-0.3, -0.25) is 9.69 Å². The lowest BCUT2D eigenvalue weighted by Crippen LogP contribution is -2.46. The molecule has 170 valence electrons. The summed E-state index contributed by atoms with van der Waals surface area (Å²) in [6.45, 7) is 3.79. The van der Waals surface area contributed by atoms with Crippen molar-refractivity contribution in [2.24, 2.45) is 0 Å². The molecular formula is C24H24N4O4S. The molecule has 8 nitrogen and oxygen atoms in total. The summed E-state index contributed by atoms with van der Waals surface area (Å²) in [7, 11) is 0. The Hall–Kier alpha value is -3.17. The third-order valence-corrected chi connectivity index (χ3v) is 7.93. The Labute approximate surface area is 195 Å². The summed E-state index contributed by atoms with van der Waals surface area (Å²) in [5.74, 6) is 1.28. The highest BCUT2D eigenvalue weighted by Gasteiger charge is 2.50. The molecular weight excluding hydrogens is 440 g/mol. The van der Waals surface area contributed by atoms with Crippen LogP contribution in [-0.4, -0.2) is 53.3 Å². The second-order valence-corrected chi connectivity index (χ2v) is 10.00. The lowest BCUT2D eigenvalue weighted by Gasteiger charge is -2.33. The van der Waals surface area contributed by atoms with E-state index in [9.17, 15) is 9.59 Å². The van der Waals surface area contributed by atoms with Gasteiger partial charge >= 0.3 is 6.03 Å². The van der Waals surface area contributed by atoms with Crippen LogP contribution in [0.1, 0.15) is 36.3 Å². The van der Waals surface area contributed by atoms with Gasteiger partial charge in [-0.25, -0.2) is 14.7 Å². The topological polar surface area (TPSA) is 84.0 Å². The minimum Gasteiger partial charge on any atom is -0.454 e. The fourth-order valence-electron chi connectivity index (χ4n) is 4.88. The molecule has 0 saturated carbocycles. The first-order valence-corrected chi connectivity index (χ1v) is 11.9. The van der Waals surface area contributed by atoms with Crippen molar-refractivity contribution in [3.63, 3.8) is 0 Å². The molecule has 0 spiro atoms. The lowest BCUT2D eigenvalue weighted by molar-refractivity contribution is -0.132. The van der Waals surface area contributed by atoms with Crippen molar-refractivity contribution >= 4 is 33.5 Å². The number of ether oxygens (including phenoxy) is 2. The molecule has 0 radical (unpaired) electrons. The number of benzene rings is 2. The summed E-state index contributed by atoms with van der Waals surface area (Å²) < 4.78 is 12.0. The highest BCUT2D eigenvalue weighted by atomic mass is 32.1. The van der Waals surface area contributed by atoms with E-state index in [0.29, 0.717) is 23.0 Å². The minimum absolute atomic E-state index is 0.159. The number of fused-ring (bicyclic) bond motifs is 2. The molecule has 33 heavy (non-hydrogen) atoms. The smallest absolute Gasteiger partial charge is 0.326 e.